The predicted octanol–water partition coefficient (Wildman–Crippen LogP) is 3.27. The van der Waals surface area contributed by atoms with Gasteiger partial charge in [0.1, 0.15) is 24.3 Å². The molecule has 0 fully saturated rings. The molecule has 1 aromatic heterocycles. The van der Waals surface area contributed by atoms with Crippen molar-refractivity contribution in [3.05, 3.63) is 59.4 Å². The Labute approximate surface area is 141 Å². The monoisotopic (exact) mass is 322 g/mol. The number of aromatic nitrogens is 2. The van der Waals surface area contributed by atoms with E-state index in [1.807, 2.05) is 41.8 Å². The third kappa shape index (κ3) is 2.89. The van der Waals surface area contributed by atoms with E-state index in [2.05, 4.69) is 17.1 Å². The van der Waals surface area contributed by atoms with Gasteiger partial charge in [-0.25, -0.2) is 4.98 Å². The lowest BCUT2D eigenvalue weighted by molar-refractivity contribution is 0.0929. The van der Waals surface area contributed by atoms with E-state index in [0.29, 0.717) is 6.54 Å². The van der Waals surface area contributed by atoms with Gasteiger partial charge in [0.25, 0.3) is 0 Å². The van der Waals surface area contributed by atoms with Crippen LogP contribution in [0.4, 0.5) is 0 Å². The highest BCUT2D eigenvalue weighted by atomic mass is 16.5. The summed E-state index contributed by atoms with van der Waals surface area (Å²) in [7, 11) is 0. The number of aryl methyl sites for hydroxylation is 3. The summed E-state index contributed by atoms with van der Waals surface area (Å²) in [5, 5.41) is 10.4. The third-order valence-corrected chi connectivity index (χ3v) is 4.75. The van der Waals surface area contributed by atoms with Gasteiger partial charge in [-0.3, -0.25) is 0 Å². The van der Waals surface area contributed by atoms with Crippen LogP contribution in [0.15, 0.2) is 42.5 Å². The van der Waals surface area contributed by atoms with E-state index in [1.165, 1.54) is 24.0 Å². The maximum absolute atomic E-state index is 10.4. The van der Waals surface area contributed by atoms with Gasteiger partial charge in [-0.2, -0.15) is 0 Å². The first-order valence-electron chi connectivity index (χ1n) is 8.55. The molecule has 4 nitrogen and oxygen atoms in total. The maximum atomic E-state index is 10.4. The molecule has 1 N–H and O–H groups in total. The Morgan fingerprint density at radius 3 is 2.92 bits per heavy atom. The van der Waals surface area contributed by atoms with Gasteiger partial charge in [0.05, 0.1) is 17.6 Å². The minimum atomic E-state index is -0.574. The number of aliphatic hydroxyl groups is 1. The van der Waals surface area contributed by atoms with Gasteiger partial charge in [-0.1, -0.05) is 18.2 Å². The molecule has 4 rings (SSSR count). The molecule has 1 heterocycles. The lowest BCUT2D eigenvalue weighted by Crippen LogP contribution is -2.24. The van der Waals surface area contributed by atoms with Crippen molar-refractivity contribution in [2.75, 3.05) is 6.61 Å². The van der Waals surface area contributed by atoms with Crippen LogP contribution in [0.3, 0.4) is 0 Å². The van der Waals surface area contributed by atoms with E-state index in [4.69, 9.17) is 4.74 Å². The molecular weight excluding hydrogens is 300 g/mol. The lowest BCUT2D eigenvalue weighted by Gasteiger charge is -2.15. The summed E-state index contributed by atoms with van der Waals surface area (Å²) in [4.78, 5) is 4.53. The van der Waals surface area contributed by atoms with Crippen molar-refractivity contribution in [2.45, 2.75) is 38.8 Å². The molecule has 1 unspecified atom stereocenters. The Bertz CT molecular complexity index is 869. The topological polar surface area (TPSA) is 47.3 Å². The second-order valence-electron chi connectivity index (χ2n) is 6.51. The average Bonchev–Trinajstić information content (AvgIpc) is 3.17. The van der Waals surface area contributed by atoms with E-state index >= 15 is 0 Å². The molecule has 0 aliphatic heterocycles. The van der Waals surface area contributed by atoms with Crippen LogP contribution in [0.2, 0.25) is 0 Å². The summed E-state index contributed by atoms with van der Waals surface area (Å²) in [5.41, 5.74) is 4.83. The summed E-state index contributed by atoms with van der Waals surface area (Å²) in [5.74, 6) is 1.76. The number of rotatable bonds is 5. The van der Waals surface area contributed by atoms with Crippen molar-refractivity contribution in [2.24, 2.45) is 0 Å². The van der Waals surface area contributed by atoms with Crippen molar-refractivity contribution in [3.63, 3.8) is 0 Å². The average molecular weight is 322 g/mol. The van der Waals surface area contributed by atoms with E-state index in [9.17, 15) is 5.11 Å². The molecule has 1 aliphatic rings. The number of imidazole rings is 1. The van der Waals surface area contributed by atoms with Gasteiger partial charge in [0.15, 0.2) is 0 Å². The van der Waals surface area contributed by atoms with Crippen LogP contribution in [0, 0.1) is 6.92 Å². The summed E-state index contributed by atoms with van der Waals surface area (Å²) in [6.45, 7) is 2.73. The number of para-hydroxylation sites is 2. The number of nitrogens with zero attached hydrogens (tertiary/aromatic N) is 2. The highest BCUT2D eigenvalue weighted by Gasteiger charge is 2.14. The Kier molecular flexibility index (Phi) is 3.98. The quantitative estimate of drug-likeness (QED) is 0.784. The fourth-order valence-corrected chi connectivity index (χ4v) is 3.52. The fraction of sp³-hybridized carbons (Fsp3) is 0.350. The summed E-state index contributed by atoms with van der Waals surface area (Å²) in [6.07, 6.45) is 2.96. The SMILES string of the molecule is Cc1nc2ccccc2n1CC(O)COc1ccc2c(c1)CCC2. The lowest BCUT2D eigenvalue weighted by atomic mass is 10.1. The Hall–Kier alpha value is -2.33. The van der Waals surface area contributed by atoms with Crippen molar-refractivity contribution in [1.29, 1.82) is 0 Å². The molecule has 124 valence electrons. The fourth-order valence-electron chi connectivity index (χ4n) is 3.52. The first-order valence-corrected chi connectivity index (χ1v) is 8.55. The van der Waals surface area contributed by atoms with Crippen LogP contribution in [-0.2, 0) is 19.4 Å². The minimum absolute atomic E-state index is 0.282. The van der Waals surface area contributed by atoms with Crippen molar-refractivity contribution in [1.82, 2.24) is 9.55 Å². The number of ether oxygens (including phenoxy) is 1. The number of benzene rings is 2. The van der Waals surface area contributed by atoms with Gasteiger partial charge in [0.2, 0.25) is 0 Å². The summed E-state index contributed by atoms with van der Waals surface area (Å²) < 4.78 is 7.86. The summed E-state index contributed by atoms with van der Waals surface area (Å²) >= 11 is 0. The molecular formula is C20H22N2O2. The second kappa shape index (κ2) is 6.29. The smallest absolute Gasteiger partial charge is 0.119 e. The van der Waals surface area contributed by atoms with Crippen molar-refractivity contribution in [3.8, 4) is 5.75 Å². The van der Waals surface area contributed by atoms with E-state index in [0.717, 1.165) is 29.0 Å². The van der Waals surface area contributed by atoms with Crippen LogP contribution in [0.1, 0.15) is 23.4 Å². The zero-order valence-electron chi connectivity index (χ0n) is 13.9. The molecule has 0 amide bonds. The second-order valence-corrected chi connectivity index (χ2v) is 6.51. The van der Waals surface area contributed by atoms with Gasteiger partial charge < -0.3 is 14.4 Å². The summed E-state index contributed by atoms with van der Waals surface area (Å²) in [6, 6.07) is 14.3. The first kappa shape index (κ1) is 15.2. The molecule has 0 radical (unpaired) electrons. The molecule has 2 aromatic carbocycles. The zero-order chi connectivity index (χ0) is 16.5. The number of fused-ring (bicyclic) bond motifs is 2. The largest absolute Gasteiger partial charge is 0.491 e. The van der Waals surface area contributed by atoms with Crippen LogP contribution in [0.5, 0.6) is 5.75 Å². The van der Waals surface area contributed by atoms with Crippen LogP contribution in [0.25, 0.3) is 11.0 Å². The molecule has 0 bridgehead atoms. The highest BCUT2D eigenvalue weighted by molar-refractivity contribution is 5.75. The normalized spacial score (nSPS) is 14.8. The third-order valence-electron chi connectivity index (χ3n) is 4.75. The molecule has 0 saturated heterocycles. The molecule has 0 saturated carbocycles. The predicted molar refractivity (Wildman–Crippen MR) is 94.4 cm³/mol. The van der Waals surface area contributed by atoms with Gasteiger partial charge in [0, 0.05) is 0 Å². The van der Waals surface area contributed by atoms with E-state index in [1.54, 1.807) is 0 Å². The minimum Gasteiger partial charge on any atom is -0.491 e. The first-order chi connectivity index (χ1) is 11.7. The molecule has 4 heteroatoms. The van der Waals surface area contributed by atoms with Crippen molar-refractivity contribution < 1.29 is 9.84 Å². The Balaban J connectivity index is 1.43. The van der Waals surface area contributed by atoms with Crippen molar-refractivity contribution >= 4 is 11.0 Å². The molecule has 1 aliphatic carbocycles. The number of aliphatic hydroxyl groups excluding tert-OH is 1. The molecule has 24 heavy (non-hydrogen) atoms. The standard InChI is InChI=1S/C20H22N2O2/c1-14-21-19-7-2-3-8-20(19)22(14)12-17(23)13-24-18-10-9-15-5-4-6-16(15)11-18/h2-3,7-11,17,23H,4-6,12-13H2,1H3. The zero-order valence-corrected chi connectivity index (χ0v) is 13.9. The highest BCUT2D eigenvalue weighted by Crippen LogP contribution is 2.26. The maximum Gasteiger partial charge on any atom is 0.119 e. The molecule has 1 atom stereocenters. The van der Waals surface area contributed by atoms with Gasteiger partial charge in [-0.05, 0) is 61.6 Å². The number of hydrogen-bond donors (Lipinski definition) is 1. The number of hydrogen-bond acceptors (Lipinski definition) is 3. The van der Waals surface area contributed by atoms with E-state index in [-0.39, 0.29) is 6.61 Å². The van der Waals surface area contributed by atoms with Crippen LogP contribution >= 0.6 is 0 Å². The molecule has 0 spiro atoms. The molecule has 3 aromatic rings. The Morgan fingerprint density at radius 1 is 1.17 bits per heavy atom. The van der Waals surface area contributed by atoms with Gasteiger partial charge in [-0.15, -0.1) is 0 Å². The van der Waals surface area contributed by atoms with Crippen LogP contribution < -0.4 is 4.74 Å². The van der Waals surface area contributed by atoms with Crippen LogP contribution in [-0.4, -0.2) is 27.4 Å². The van der Waals surface area contributed by atoms with E-state index < -0.39 is 6.10 Å². The Morgan fingerprint density at radius 2 is 2.00 bits per heavy atom. The van der Waals surface area contributed by atoms with Gasteiger partial charge >= 0.3 is 0 Å².